The van der Waals surface area contributed by atoms with Crippen LogP contribution in [0.5, 0.6) is 0 Å². The summed E-state index contributed by atoms with van der Waals surface area (Å²) in [6.45, 7) is 2.64. The van der Waals surface area contributed by atoms with Gasteiger partial charge in [0.15, 0.2) is 0 Å². The lowest BCUT2D eigenvalue weighted by Gasteiger charge is -2.49. The van der Waals surface area contributed by atoms with Crippen LogP contribution in [0.2, 0.25) is 0 Å². The molecule has 0 aromatic heterocycles. The second-order valence-corrected chi connectivity index (χ2v) is 14.6. The predicted molar refractivity (Wildman–Crippen MR) is 151 cm³/mol. The Balaban J connectivity index is 1.57. The Morgan fingerprint density at radius 1 is 0.559 bits per heavy atom. The second kappa shape index (κ2) is 9.26. The Hall–Kier alpha value is -2.52. The van der Waals surface area contributed by atoms with E-state index >= 15 is 0 Å². The Bertz CT molecular complexity index is 1170. The van der Waals surface area contributed by atoms with Crippen LogP contribution < -0.4 is 21.2 Å². The summed E-state index contributed by atoms with van der Waals surface area (Å²) in [6.07, 6.45) is 6.41. The van der Waals surface area contributed by atoms with Crippen molar-refractivity contribution in [2.24, 2.45) is 11.8 Å². The number of rotatable bonds is 6. The first-order valence-corrected chi connectivity index (χ1v) is 15.0. The quantitative estimate of drug-likeness (QED) is 0.218. The summed E-state index contributed by atoms with van der Waals surface area (Å²) in [7, 11) is -1.04. The van der Waals surface area contributed by atoms with Crippen molar-refractivity contribution >= 4 is 37.1 Å². The number of benzene rings is 4. The molecule has 0 nitrogen and oxygen atoms in total. The van der Waals surface area contributed by atoms with Gasteiger partial charge in [0.2, 0.25) is 0 Å². The first-order chi connectivity index (χ1) is 16.8. The highest BCUT2D eigenvalue weighted by molar-refractivity contribution is 7.78. The van der Waals surface area contributed by atoms with E-state index in [4.69, 9.17) is 0 Å². The summed E-state index contributed by atoms with van der Waals surface area (Å²) in [5.41, 5.74) is 0.605. The lowest BCUT2D eigenvalue weighted by Crippen LogP contribution is -2.47. The summed E-state index contributed by atoms with van der Waals surface area (Å²) in [5, 5.41) is 6.23. The van der Waals surface area contributed by atoms with Crippen LogP contribution >= 0.6 is 15.8 Å². The van der Waals surface area contributed by atoms with Crippen molar-refractivity contribution in [1.29, 1.82) is 0 Å². The van der Waals surface area contributed by atoms with Crippen molar-refractivity contribution in [2.45, 2.75) is 24.2 Å². The zero-order valence-electron chi connectivity index (χ0n) is 19.5. The van der Waals surface area contributed by atoms with Crippen LogP contribution in [-0.2, 0) is 0 Å². The molecular weight excluding hydrogens is 446 g/mol. The molecule has 0 aliphatic heterocycles. The van der Waals surface area contributed by atoms with Crippen LogP contribution in [0.25, 0.3) is 0 Å². The molecule has 4 atom stereocenters. The topological polar surface area (TPSA) is 0 Å². The number of hydrogen-bond donors (Lipinski definition) is 0. The molecule has 6 rings (SSSR count). The molecule has 0 heterocycles. The SMILES string of the molecule is CC1(P(c2ccccc2)c2ccccc2)C2C=C[C@@H](C2)[C@H]1P(c1ccccc1)c1ccccc1. The van der Waals surface area contributed by atoms with E-state index in [2.05, 4.69) is 140 Å². The minimum absolute atomic E-state index is 0.189. The zero-order chi connectivity index (χ0) is 23.0. The largest absolute Gasteiger partial charge is 0.0844 e. The van der Waals surface area contributed by atoms with Gasteiger partial charge in [-0.2, -0.15) is 0 Å². The lowest BCUT2D eigenvalue weighted by atomic mass is 9.94. The van der Waals surface area contributed by atoms with Crippen molar-refractivity contribution in [2.75, 3.05) is 0 Å². The molecule has 2 aliphatic carbocycles. The Labute approximate surface area is 206 Å². The van der Waals surface area contributed by atoms with Gasteiger partial charge in [0.25, 0.3) is 0 Å². The number of allylic oxidation sites excluding steroid dienone is 2. The second-order valence-electron chi connectivity index (χ2n) is 9.61. The van der Waals surface area contributed by atoms with E-state index in [9.17, 15) is 0 Å². The van der Waals surface area contributed by atoms with Crippen LogP contribution in [0.1, 0.15) is 13.3 Å². The zero-order valence-corrected chi connectivity index (χ0v) is 21.3. The molecule has 1 fully saturated rings. The average Bonchev–Trinajstić information content (AvgIpc) is 3.49. The van der Waals surface area contributed by atoms with E-state index in [-0.39, 0.29) is 5.16 Å². The molecule has 2 heteroatoms. The van der Waals surface area contributed by atoms with Crippen LogP contribution in [0.3, 0.4) is 0 Å². The highest BCUT2D eigenvalue weighted by Crippen LogP contribution is 2.70. The molecule has 0 radical (unpaired) electrons. The van der Waals surface area contributed by atoms with Gasteiger partial charge in [-0.1, -0.05) is 140 Å². The van der Waals surface area contributed by atoms with Crippen molar-refractivity contribution in [3.05, 3.63) is 133 Å². The Morgan fingerprint density at radius 3 is 1.41 bits per heavy atom. The molecule has 0 saturated heterocycles. The Morgan fingerprint density at radius 2 is 0.971 bits per heavy atom. The van der Waals surface area contributed by atoms with E-state index in [0.717, 1.165) is 0 Å². The maximum Gasteiger partial charge on any atom is 0.00993 e. The van der Waals surface area contributed by atoms with E-state index < -0.39 is 15.8 Å². The molecule has 1 saturated carbocycles. The van der Waals surface area contributed by atoms with Gasteiger partial charge >= 0.3 is 0 Å². The van der Waals surface area contributed by atoms with Crippen LogP contribution in [0, 0.1) is 11.8 Å². The van der Waals surface area contributed by atoms with Crippen molar-refractivity contribution in [3.63, 3.8) is 0 Å². The molecule has 2 bridgehead atoms. The van der Waals surface area contributed by atoms with Gasteiger partial charge < -0.3 is 0 Å². The molecule has 0 N–H and O–H groups in total. The molecule has 4 aromatic rings. The van der Waals surface area contributed by atoms with Crippen molar-refractivity contribution < 1.29 is 0 Å². The minimum atomic E-state index is -0.536. The average molecular weight is 477 g/mol. The smallest absolute Gasteiger partial charge is 0.00993 e. The summed E-state index contributed by atoms with van der Waals surface area (Å²) >= 11 is 0. The summed E-state index contributed by atoms with van der Waals surface area (Å²) in [5.74, 6) is 1.25. The molecule has 34 heavy (non-hydrogen) atoms. The maximum absolute atomic E-state index is 2.64. The third kappa shape index (κ3) is 3.69. The third-order valence-corrected chi connectivity index (χ3v) is 14.3. The van der Waals surface area contributed by atoms with Gasteiger partial charge in [-0.25, -0.2) is 0 Å². The van der Waals surface area contributed by atoms with Crippen LogP contribution in [-0.4, -0.2) is 10.8 Å². The fourth-order valence-corrected chi connectivity index (χ4v) is 13.6. The standard InChI is InChI=1S/C32H30P2/c1-32(34(29-18-10-4-11-19-29)30-20-12-5-13-21-30)26-23-22-25(24-26)31(32)33(27-14-6-2-7-15-27)28-16-8-3-9-17-28/h2-23,25-26,31H,24H2,1H3/t25-,26?,31+,32?/m0/s1. The van der Waals surface area contributed by atoms with Gasteiger partial charge in [0.1, 0.15) is 0 Å². The molecule has 168 valence electrons. The summed E-state index contributed by atoms with van der Waals surface area (Å²) in [6, 6.07) is 45.5. The summed E-state index contributed by atoms with van der Waals surface area (Å²) < 4.78 is 0. The first kappa shape index (κ1) is 22.0. The van der Waals surface area contributed by atoms with Gasteiger partial charge in [0.05, 0.1) is 0 Å². The maximum atomic E-state index is 2.64. The minimum Gasteiger partial charge on any atom is -0.0844 e. The molecule has 0 spiro atoms. The number of hydrogen-bond acceptors (Lipinski definition) is 0. The first-order valence-electron chi connectivity index (χ1n) is 12.2. The molecular formula is C32H30P2. The van der Waals surface area contributed by atoms with E-state index in [1.165, 1.54) is 27.6 Å². The lowest BCUT2D eigenvalue weighted by molar-refractivity contribution is 0.548. The molecule has 2 aliphatic rings. The Kier molecular flexibility index (Phi) is 5.99. The fourth-order valence-electron chi connectivity index (χ4n) is 6.31. The van der Waals surface area contributed by atoms with Gasteiger partial charge in [-0.05, 0) is 55.3 Å². The van der Waals surface area contributed by atoms with E-state index in [0.29, 0.717) is 17.5 Å². The number of fused-ring (bicyclic) bond motifs is 2. The van der Waals surface area contributed by atoms with Crippen LogP contribution in [0.15, 0.2) is 133 Å². The highest BCUT2D eigenvalue weighted by Gasteiger charge is 2.59. The fraction of sp³-hybridized carbons (Fsp3) is 0.188. The molecule has 2 unspecified atom stereocenters. The van der Waals surface area contributed by atoms with Crippen molar-refractivity contribution in [3.8, 4) is 0 Å². The van der Waals surface area contributed by atoms with Gasteiger partial charge in [-0.15, -0.1) is 0 Å². The summed E-state index contributed by atoms with van der Waals surface area (Å²) in [4.78, 5) is 0. The monoisotopic (exact) mass is 476 g/mol. The van der Waals surface area contributed by atoms with Gasteiger partial charge in [0, 0.05) is 10.8 Å². The van der Waals surface area contributed by atoms with Crippen molar-refractivity contribution in [1.82, 2.24) is 0 Å². The van der Waals surface area contributed by atoms with Crippen LogP contribution in [0.4, 0.5) is 0 Å². The van der Waals surface area contributed by atoms with E-state index in [1.54, 1.807) is 0 Å². The van der Waals surface area contributed by atoms with E-state index in [1.807, 2.05) is 0 Å². The molecule has 0 amide bonds. The molecule has 4 aromatic carbocycles. The normalized spacial score (nSPS) is 25.3. The predicted octanol–water partition coefficient (Wildman–Crippen LogP) is 6.59. The highest BCUT2D eigenvalue weighted by atomic mass is 31.1. The third-order valence-electron chi connectivity index (χ3n) is 7.73. The van der Waals surface area contributed by atoms with Gasteiger partial charge in [-0.3, -0.25) is 0 Å².